The average molecular weight is 333 g/mol. The van der Waals surface area contributed by atoms with E-state index in [-0.39, 0.29) is 11.5 Å². The topological polar surface area (TPSA) is 70.8 Å². The summed E-state index contributed by atoms with van der Waals surface area (Å²) in [5.41, 5.74) is 0.779. The molecular formula is C17H19NO4S. The van der Waals surface area contributed by atoms with E-state index >= 15 is 0 Å². The molecule has 0 unspecified atom stereocenters. The summed E-state index contributed by atoms with van der Waals surface area (Å²) in [7, 11) is 1.78. The molecule has 0 saturated carbocycles. The highest BCUT2D eigenvalue weighted by molar-refractivity contribution is 7.98. The van der Waals surface area contributed by atoms with Gasteiger partial charge in [0.05, 0.1) is 17.6 Å². The molecule has 0 fully saturated rings. The van der Waals surface area contributed by atoms with Crippen LogP contribution in [-0.4, -0.2) is 35.5 Å². The Hall–Kier alpha value is -2.21. The minimum absolute atomic E-state index is 0.0344. The summed E-state index contributed by atoms with van der Waals surface area (Å²) in [6, 6.07) is 8.77. The van der Waals surface area contributed by atoms with Crippen molar-refractivity contribution in [3.05, 3.63) is 53.5 Å². The van der Waals surface area contributed by atoms with Crippen molar-refractivity contribution >= 4 is 23.6 Å². The normalized spacial score (nSPS) is 10.5. The van der Waals surface area contributed by atoms with E-state index in [1.807, 2.05) is 25.1 Å². The molecule has 0 atom stereocenters. The van der Waals surface area contributed by atoms with E-state index in [2.05, 4.69) is 0 Å². The zero-order valence-electron chi connectivity index (χ0n) is 13.1. The lowest BCUT2D eigenvalue weighted by Crippen LogP contribution is -2.27. The molecule has 1 aromatic heterocycles. The van der Waals surface area contributed by atoms with Crippen LogP contribution in [0.1, 0.15) is 39.8 Å². The minimum atomic E-state index is -1.01. The Morgan fingerprint density at radius 1 is 1.22 bits per heavy atom. The summed E-state index contributed by atoms with van der Waals surface area (Å²) in [5, 5.41) is 9.10. The maximum atomic E-state index is 12.5. The maximum absolute atomic E-state index is 12.5. The van der Waals surface area contributed by atoms with Crippen molar-refractivity contribution < 1.29 is 19.1 Å². The molecule has 122 valence electrons. The van der Waals surface area contributed by atoms with Gasteiger partial charge in [0.2, 0.25) is 0 Å². The molecule has 2 rings (SSSR count). The molecule has 0 aliphatic carbocycles. The SMILES string of the molecule is CCCN(C)C(=O)c1ccccc1SCc1occc1C(=O)O. The number of hydrogen-bond acceptors (Lipinski definition) is 4. The van der Waals surface area contributed by atoms with E-state index in [1.165, 1.54) is 24.1 Å². The molecule has 0 aliphatic rings. The monoisotopic (exact) mass is 333 g/mol. The lowest BCUT2D eigenvalue weighted by Gasteiger charge is -2.18. The summed E-state index contributed by atoms with van der Waals surface area (Å²) < 4.78 is 5.24. The standard InChI is InChI=1S/C17H19NO4S/c1-3-9-18(2)16(19)13-6-4-5-7-15(13)23-11-14-12(17(20)21)8-10-22-14/h4-8,10H,3,9,11H2,1-2H3,(H,20,21). The molecular weight excluding hydrogens is 314 g/mol. The van der Waals surface area contributed by atoms with Crippen LogP contribution in [0.15, 0.2) is 45.9 Å². The Morgan fingerprint density at radius 3 is 2.65 bits per heavy atom. The molecule has 0 saturated heterocycles. The number of rotatable bonds is 7. The van der Waals surface area contributed by atoms with Crippen LogP contribution < -0.4 is 0 Å². The van der Waals surface area contributed by atoms with Crippen molar-refractivity contribution in [2.45, 2.75) is 24.0 Å². The minimum Gasteiger partial charge on any atom is -0.478 e. The Morgan fingerprint density at radius 2 is 1.96 bits per heavy atom. The van der Waals surface area contributed by atoms with Gasteiger partial charge in [0.15, 0.2) is 0 Å². The highest BCUT2D eigenvalue weighted by atomic mass is 32.2. The molecule has 2 aromatic rings. The summed E-state index contributed by atoms with van der Waals surface area (Å²) in [4.78, 5) is 26.1. The number of benzene rings is 1. The Labute approximate surface area is 139 Å². The van der Waals surface area contributed by atoms with Crippen molar-refractivity contribution in [1.29, 1.82) is 0 Å². The van der Waals surface area contributed by atoms with E-state index in [0.717, 1.165) is 11.3 Å². The van der Waals surface area contributed by atoms with Crippen LogP contribution in [0.4, 0.5) is 0 Å². The number of carboxylic acid groups (broad SMARTS) is 1. The smallest absolute Gasteiger partial charge is 0.339 e. The Kier molecular flexibility index (Phi) is 5.87. The number of nitrogens with zero attached hydrogens (tertiary/aromatic N) is 1. The molecule has 1 heterocycles. The Balaban J connectivity index is 2.16. The number of carbonyl (C=O) groups is 2. The number of furan rings is 1. The highest BCUT2D eigenvalue weighted by Gasteiger charge is 2.17. The van der Waals surface area contributed by atoms with Gasteiger partial charge in [-0.2, -0.15) is 0 Å². The molecule has 1 aromatic carbocycles. The molecule has 6 heteroatoms. The molecule has 0 aliphatic heterocycles. The number of aromatic carboxylic acids is 1. The van der Waals surface area contributed by atoms with Gasteiger partial charge in [0.1, 0.15) is 11.3 Å². The van der Waals surface area contributed by atoms with E-state index in [4.69, 9.17) is 9.52 Å². The zero-order chi connectivity index (χ0) is 16.8. The molecule has 0 radical (unpaired) electrons. The molecule has 1 amide bonds. The van der Waals surface area contributed by atoms with Crippen molar-refractivity contribution in [1.82, 2.24) is 4.90 Å². The second-order valence-corrected chi connectivity index (χ2v) is 6.09. The first-order valence-corrected chi connectivity index (χ1v) is 8.30. The second-order valence-electron chi connectivity index (χ2n) is 5.07. The van der Waals surface area contributed by atoms with Crippen LogP contribution in [0.3, 0.4) is 0 Å². The predicted molar refractivity (Wildman–Crippen MR) is 88.9 cm³/mol. The number of amides is 1. The second kappa shape index (κ2) is 7.87. The van der Waals surface area contributed by atoms with Gasteiger partial charge in [-0.05, 0) is 24.6 Å². The van der Waals surface area contributed by atoms with Crippen LogP contribution in [0.25, 0.3) is 0 Å². The number of hydrogen-bond donors (Lipinski definition) is 1. The van der Waals surface area contributed by atoms with Crippen LogP contribution in [-0.2, 0) is 5.75 Å². The third kappa shape index (κ3) is 4.16. The number of carboxylic acids is 1. The third-order valence-electron chi connectivity index (χ3n) is 3.36. The van der Waals surface area contributed by atoms with Gasteiger partial charge in [0.25, 0.3) is 5.91 Å². The van der Waals surface area contributed by atoms with Crippen molar-refractivity contribution in [3.8, 4) is 0 Å². The summed E-state index contributed by atoms with van der Waals surface area (Å²) in [6.07, 6.45) is 2.26. The molecule has 0 bridgehead atoms. The van der Waals surface area contributed by atoms with Crippen LogP contribution in [0.2, 0.25) is 0 Å². The number of thioether (sulfide) groups is 1. The van der Waals surface area contributed by atoms with E-state index in [9.17, 15) is 9.59 Å². The quantitative estimate of drug-likeness (QED) is 0.781. The van der Waals surface area contributed by atoms with E-state index in [1.54, 1.807) is 18.0 Å². The summed E-state index contributed by atoms with van der Waals surface area (Å²) in [6.45, 7) is 2.72. The average Bonchev–Trinajstić information content (AvgIpc) is 3.01. The maximum Gasteiger partial charge on any atom is 0.339 e. The predicted octanol–water partition coefficient (Wildman–Crippen LogP) is 3.75. The van der Waals surface area contributed by atoms with Crippen LogP contribution in [0.5, 0.6) is 0 Å². The summed E-state index contributed by atoms with van der Waals surface area (Å²) >= 11 is 1.40. The fourth-order valence-corrected chi connectivity index (χ4v) is 3.19. The largest absolute Gasteiger partial charge is 0.478 e. The lowest BCUT2D eigenvalue weighted by molar-refractivity contribution is 0.0694. The van der Waals surface area contributed by atoms with Gasteiger partial charge in [-0.15, -0.1) is 11.8 Å². The molecule has 0 spiro atoms. The zero-order valence-corrected chi connectivity index (χ0v) is 13.9. The van der Waals surface area contributed by atoms with Crippen LogP contribution in [0, 0.1) is 0 Å². The van der Waals surface area contributed by atoms with Gasteiger partial charge in [-0.1, -0.05) is 19.1 Å². The van der Waals surface area contributed by atoms with Crippen molar-refractivity contribution in [2.75, 3.05) is 13.6 Å². The van der Waals surface area contributed by atoms with E-state index in [0.29, 0.717) is 23.6 Å². The lowest BCUT2D eigenvalue weighted by atomic mass is 10.2. The first-order chi connectivity index (χ1) is 11.0. The highest BCUT2D eigenvalue weighted by Crippen LogP contribution is 2.28. The van der Waals surface area contributed by atoms with Gasteiger partial charge in [0, 0.05) is 18.5 Å². The molecule has 5 nitrogen and oxygen atoms in total. The Bertz CT molecular complexity index is 695. The van der Waals surface area contributed by atoms with Gasteiger partial charge in [-0.25, -0.2) is 4.79 Å². The van der Waals surface area contributed by atoms with E-state index < -0.39 is 5.97 Å². The summed E-state index contributed by atoms with van der Waals surface area (Å²) in [5.74, 6) is -0.294. The van der Waals surface area contributed by atoms with Crippen molar-refractivity contribution in [2.24, 2.45) is 0 Å². The van der Waals surface area contributed by atoms with Gasteiger partial charge < -0.3 is 14.4 Å². The molecule has 1 N–H and O–H groups in total. The van der Waals surface area contributed by atoms with Crippen molar-refractivity contribution in [3.63, 3.8) is 0 Å². The van der Waals surface area contributed by atoms with Crippen LogP contribution >= 0.6 is 11.8 Å². The fourth-order valence-electron chi connectivity index (χ4n) is 2.20. The fraction of sp³-hybridized carbons (Fsp3) is 0.294. The van der Waals surface area contributed by atoms with Gasteiger partial charge >= 0.3 is 5.97 Å². The van der Waals surface area contributed by atoms with Gasteiger partial charge in [-0.3, -0.25) is 4.79 Å². The number of carbonyl (C=O) groups excluding carboxylic acids is 1. The molecule has 23 heavy (non-hydrogen) atoms. The first kappa shape index (κ1) is 17.1. The first-order valence-electron chi connectivity index (χ1n) is 7.31. The third-order valence-corrected chi connectivity index (χ3v) is 4.43.